The minimum atomic E-state index is -0.255. The monoisotopic (exact) mass is 1420 g/mol. The lowest BCUT2D eigenvalue weighted by Crippen LogP contribution is -2.63. The number of benzene rings is 17. The molecule has 4 aliphatic rings. The minimum absolute atomic E-state index is 0.170. The molecule has 0 N–H and O–H groups in total. The Morgan fingerprint density at radius 1 is 0.236 bits per heavy atom. The van der Waals surface area contributed by atoms with Crippen molar-refractivity contribution in [3.05, 3.63) is 413 Å². The molecule has 4 heterocycles. The van der Waals surface area contributed by atoms with Crippen molar-refractivity contribution in [2.75, 3.05) is 19.6 Å². The smallest absolute Gasteiger partial charge is 0.256 e. The van der Waals surface area contributed by atoms with Crippen LogP contribution < -0.4 is 57.1 Å². The van der Waals surface area contributed by atoms with E-state index >= 15 is 0 Å². The van der Waals surface area contributed by atoms with E-state index in [0.29, 0.717) is 0 Å². The molecule has 5 nitrogen and oxygen atoms in total. The summed E-state index contributed by atoms with van der Waals surface area (Å²) in [5, 5.41) is 0. The summed E-state index contributed by atoms with van der Waals surface area (Å²) in [7, 11) is 0. The first kappa shape index (κ1) is 64.6. The topological polar surface area (TPSA) is 22.2 Å². The van der Waals surface area contributed by atoms with Gasteiger partial charge in [-0.2, -0.15) is 0 Å². The Labute approximate surface area is 646 Å². The van der Waals surface area contributed by atoms with Gasteiger partial charge in [-0.05, 0) is 157 Å². The Morgan fingerprint density at radius 3 is 1.18 bits per heavy atom. The van der Waals surface area contributed by atoms with E-state index in [1.807, 2.05) is 11.8 Å². The first-order valence-electron chi connectivity index (χ1n) is 37.8. The fourth-order valence-corrected chi connectivity index (χ4v) is 18.7. The van der Waals surface area contributed by atoms with Crippen molar-refractivity contribution in [3.63, 3.8) is 0 Å². The molecule has 21 rings (SSSR count). The highest BCUT2D eigenvalue weighted by Gasteiger charge is 2.48. The Kier molecular flexibility index (Phi) is 16.0. The van der Waals surface area contributed by atoms with Crippen LogP contribution in [0.2, 0.25) is 0 Å². The molecule has 514 valence electrons. The largest absolute Gasteiger partial charge is 0.458 e. The normalized spacial score (nSPS) is 12.5. The molecular weight excluding hydrogens is 1350 g/mol. The van der Waals surface area contributed by atoms with Crippen molar-refractivity contribution in [3.8, 4) is 78.3 Å². The highest BCUT2D eigenvalue weighted by Crippen LogP contribution is 2.55. The molecule has 8 heteroatoms. The van der Waals surface area contributed by atoms with Gasteiger partial charge in [0.15, 0.2) is 0 Å². The van der Waals surface area contributed by atoms with Crippen LogP contribution in [-0.4, -0.2) is 13.4 Å². The predicted octanol–water partition coefficient (Wildman–Crippen LogP) is 23.8. The van der Waals surface area contributed by atoms with Crippen LogP contribution in [0.1, 0.15) is 0 Å². The van der Waals surface area contributed by atoms with E-state index in [4.69, 9.17) is 4.74 Å². The summed E-state index contributed by atoms with van der Waals surface area (Å²) in [5.41, 5.74) is 33.6. The average Bonchev–Trinajstić information content (AvgIpc) is 0.687. The summed E-state index contributed by atoms with van der Waals surface area (Å²) >= 11 is 1.90. The lowest BCUT2D eigenvalue weighted by Gasteiger charge is -2.44. The van der Waals surface area contributed by atoms with E-state index in [2.05, 4.69) is 432 Å². The van der Waals surface area contributed by atoms with E-state index < -0.39 is 0 Å². The van der Waals surface area contributed by atoms with Crippen molar-refractivity contribution in [1.82, 2.24) is 0 Å². The maximum absolute atomic E-state index is 7.62. The molecule has 0 spiro atoms. The first-order valence-corrected chi connectivity index (χ1v) is 38.6. The average molecular weight is 1420 g/mol. The molecule has 0 radical (unpaired) electrons. The molecule has 0 atom stereocenters. The van der Waals surface area contributed by atoms with E-state index in [9.17, 15) is 0 Å². The molecule has 0 amide bonds. The summed E-state index contributed by atoms with van der Waals surface area (Å²) in [6.45, 7) is -0.425. The Hall–Kier alpha value is -13.8. The molecule has 0 bridgehead atoms. The van der Waals surface area contributed by atoms with Gasteiger partial charge in [-0.25, -0.2) is 0 Å². The van der Waals surface area contributed by atoms with Gasteiger partial charge in [-0.15, -0.1) is 0 Å². The second-order valence-electron chi connectivity index (χ2n) is 28.6. The van der Waals surface area contributed by atoms with Crippen molar-refractivity contribution in [2.45, 2.75) is 9.79 Å². The molecule has 4 aliphatic heterocycles. The zero-order valence-corrected chi connectivity index (χ0v) is 60.8. The molecule has 17 aromatic rings. The predicted molar refractivity (Wildman–Crippen MR) is 464 cm³/mol. The van der Waals surface area contributed by atoms with Crippen LogP contribution in [0, 0.1) is 0 Å². The molecule has 0 aliphatic carbocycles. The molecular formula is C102H68B2N4OS. The number of hydrogen-bond acceptors (Lipinski definition) is 6. The number of hydrogen-bond donors (Lipinski definition) is 0. The zero-order valence-electron chi connectivity index (χ0n) is 60.0. The van der Waals surface area contributed by atoms with Crippen molar-refractivity contribution >= 4 is 126 Å². The van der Waals surface area contributed by atoms with E-state index in [1.165, 1.54) is 37.2 Å². The molecule has 0 saturated carbocycles. The Balaban J connectivity index is 0.845. The van der Waals surface area contributed by atoms with E-state index in [1.54, 1.807) is 0 Å². The summed E-state index contributed by atoms with van der Waals surface area (Å²) in [4.78, 5) is 12.5. The van der Waals surface area contributed by atoms with Gasteiger partial charge in [0.2, 0.25) is 6.71 Å². The SMILES string of the molecule is c1ccc(-c2ccc(N(c3cc4c5c(c3)N(c3c(-c6ccccc6)cccc3-c3ccccc3)c3cc6c(cc3B5c3ccccc3O4)B3c4ccccc4N(c4ccccc4)c4cc(N(c5ccc(-c7ccccc7)cc5)c5ccccc5-c5ccccc5)cc(c43)S6)c3ccccc3-c3ccccc3)cc2)cc1. The van der Waals surface area contributed by atoms with Crippen molar-refractivity contribution < 1.29 is 4.74 Å². The van der Waals surface area contributed by atoms with Crippen LogP contribution in [0.4, 0.5) is 68.2 Å². The van der Waals surface area contributed by atoms with Crippen molar-refractivity contribution in [1.29, 1.82) is 0 Å². The van der Waals surface area contributed by atoms with E-state index in [-0.39, 0.29) is 13.4 Å². The summed E-state index contributed by atoms with van der Waals surface area (Å²) < 4.78 is 7.62. The number of para-hydroxylation sites is 6. The maximum Gasteiger partial charge on any atom is 0.256 e. The van der Waals surface area contributed by atoms with Crippen LogP contribution in [0.3, 0.4) is 0 Å². The second-order valence-corrected chi connectivity index (χ2v) is 29.7. The lowest BCUT2D eigenvalue weighted by molar-refractivity contribution is 0.487. The first-order chi connectivity index (χ1) is 54.6. The molecule has 0 saturated heterocycles. The number of ether oxygens (including phenoxy) is 1. The minimum Gasteiger partial charge on any atom is -0.458 e. The van der Waals surface area contributed by atoms with Gasteiger partial charge in [-0.3, -0.25) is 0 Å². The standard InChI is InChI=1S/C102H68B2N4OS/c1-8-31-69(32-9-1)71-55-59-78(60-56-71)105(90-51-26-22-45-82(90)73-35-12-3-13-36-73)80-63-94-100-97(65-80)109-96-54-29-25-50-87(96)104(100)88-67-89-98(68-93(88)108(94)102-84(75-39-16-5-17-40-75)47-30-48-85(102)76-41-18-6-19-42-76)110-99-66-81(64-95-101(99)103(89)86-49-24-28-53-92(86)107(95)77-43-20-7-21-44-77)106(79-61-57-72(58-62-79)70-33-10-2-11-34-70)91-52-27-23-46-83(91)74-37-14-4-15-38-74/h1-68H. The number of anilines is 12. The number of rotatable bonds is 14. The van der Waals surface area contributed by atoms with Gasteiger partial charge in [0.05, 0.1) is 22.7 Å². The van der Waals surface area contributed by atoms with Crippen LogP contribution in [0.5, 0.6) is 11.5 Å². The molecule has 110 heavy (non-hydrogen) atoms. The van der Waals surface area contributed by atoms with Crippen LogP contribution in [0.15, 0.2) is 422 Å². The Bertz CT molecular complexity index is 6300. The fourth-order valence-electron chi connectivity index (χ4n) is 17.5. The third-order valence-corrected chi connectivity index (χ3v) is 23.5. The van der Waals surface area contributed by atoms with E-state index in [0.717, 1.165) is 152 Å². The second kappa shape index (κ2) is 27.2. The highest BCUT2D eigenvalue weighted by atomic mass is 32.2. The third kappa shape index (κ3) is 11.0. The Morgan fingerprint density at radius 2 is 0.645 bits per heavy atom. The summed E-state index contributed by atoms with van der Waals surface area (Å²) in [6.07, 6.45) is 0. The molecule has 17 aromatic carbocycles. The highest BCUT2D eigenvalue weighted by molar-refractivity contribution is 8.00. The molecule has 0 unspecified atom stereocenters. The van der Waals surface area contributed by atoms with Crippen molar-refractivity contribution in [2.24, 2.45) is 0 Å². The van der Waals surface area contributed by atoms with Crippen LogP contribution in [0.25, 0.3) is 66.8 Å². The van der Waals surface area contributed by atoms with Gasteiger partial charge in [0, 0.05) is 83.6 Å². The summed E-state index contributed by atoms with van der Waals surface area (Å²) in [6, 6.07) is 152. The number of nitrogens with zero attached hydrogens (tertiary/aromatic N) is 4. The molecule has 0 fully saturated rings. The zero-order chi connectivity index (χ0) is 72.6. The van der Waals surface area contributed by atoms with Crippen LogP contribution >= 0.6 is 11.8 Å². The van der Waals surface area contributed by atoms with Gasteiger partial charge in [0.25, 0.3) is 6.71 Å². The summed E-state index contributed by atoms with van der Waals surface area (Å²) in [5.74, 6) is 1.65. The molecule has 0 aromatic heterocycles. The maximum atomic E-state index is 7.62. The van der Waals surface area contributed by atoms with Crippen LogP contribution in [-0.2, 0) is 0 Å². The van der Waals surface area contributed by atoms with Gasteiger partial charge >= 0.3 is 0 Å². The third-order valence-electron chi connectivity index (χ3n) is 22.3. The lowest BCUT2D eigenvalue weighted by atomic mass is 9.31. The fraction of sp³-hybridized carbons (Fsp3) is 0. The van der Waals surface area contributed by atoms with Gasteiger partial charge in [0.1, 0.15) is 11.5 Å². The number of fused-ring (bicyclic) bond motifs is 8. The van der Waals surface area contributed by atoms with Gasteiger partial charge in [-0.1, -0.05) is 339 Å². The quantitative estimate of drug-likeness (QED) is 0.101. The van der Waals surface area contributed by atoms with Gasteiger partial charge < -0.3 is 24.3 Å².